The van der Waals surface area contributed by atoms with Gasteiger partial charge in [0.05, 0.1) is 12.7 Å². The first-order chi connectivity index (χ1) is 8.68. The average molecular weight is 270 g/mol. The zero-order valence-corrected chi connectivity index (χ0v) is 12.4. The van der Waals surface area contributed by atoms with Gasteiger partial charge in [-0.1, -0.05) is 19.9 Å². The molecule has 0 aromatic carbocycles. The molecule has 1 fully saturated rings. The van der Waals surface area contributed by atoms with E-state index >= 15 is 0 Å². The van der Waals surface area contributed by atoms with E-state index in [9.17, 15) is 9.90 Å². The highest BCUT2D eigenvalue weighted by Crippen LogP contribution is 2.35. The lowest BCUT2D eigenvalue weighted by Gasteiger charge is -2.45. The van der Waals surface area contributed by atoms with Crippen LogP contribution in [-0.2, 0) is 14.3 Å². The molecule has 4 nitrogen and oxygen atoms in total. The van der Waals surface area contributed by atoms with Crippen LogP contribution in [0.3, 0.4) is 0 Å². The fourth-order valence-electron chi connectivity index (χ4n) is 2.15. The van der Waals surface area contributed by atoms with E-state index in [-0.39, 0.29) is 11.2 Å². The van der Waals surface area contributed by atoms with Crippen molar-refractivity contribution in [1.29, 1.82) is 0 Å². The number of ether oxygens (including phenoxy) is 2. The Balaban J connectivity index is 2.55. The maximum Gasteiger partial charge on any atom is 0.163 e. The average Bonchev–Trinajstić information content (AvgIpc) is 2.32. The quantitative estimate of drug-likeness (QED) is 0.753. The van der Waals surface area contributed by atoms with Crippen molar-refractivity contribution in [2.45, 2.75) is 65.0 Å². The van der Waals surface area contributed by atoms with Crippen LogP contribution >= 0.6 is 0 Å². The van der Waals surface area contributed by atoms with Gasteiger partial charge in [0.1, 0.15) is 6.10 Å². The van der Waals surface area contributed by atoms with Gasteiger partial charge >= 0.3 is 0 Å². The highest BCUT2D eigenvalue weighted by Gasteiger charge is 2.45. The van der Waals surface area contributed by atoms with Crippen LogP contribution in [0.4, 0.5) is 0 Å². The molecule has 1 unspecified atom stereocenters. The summed E-state index contributed by atoms with van der Waals surface area (Å²) in [5.74, 6) is -0.631. The molecule has 2 atom stereocenters. The summed E-state index contributed by atoms with van der Waals surface area (Å²) < 4.78 is 11.4. The molecular weight excluding hydrogens is 244 g/mol. The van der Waals surface area contributed by atoms with Crippen LogP contribution in [0.15, 0.2) is 12.7 Å². The molecular formula is C15H26O4. The van der Waals surface area contributed by atoms with Crippen LogP contribution in [0.5, 0.6) is 0 Å². The van der Waals surface area contributed by atoms with Crippen molar-refractivity contribution in [3.05, 3.63) is 12.7 Å². The number of carbonyl (C=O) groups is 1. The number of carbonyl (C=O) groups excluding carboxylic acids is 1. The van der Waals surface area contributed by atoms with E-state index < -0.39 is 18.0 Å². The number of hydrogen-bond donors (Lipinski definition) is 1. The number of aliphatic hydroxyl groups excluding tert-OH is 1. The Morgan fingerprint density at radius 1 is 1.47 bits per heavy atom. The van der Waals surface area contributed by atoms with Gasteiger partial charge < -0.3 is 14.6 Å². The molecule has 1 aliphatic rings. The third kappa shape index (κ3) is 4.71. The third-order valence-electron chi connectivity index (χ3n) is 3.39. The van der Waals surface area contributed by atoms with E-state index in [1.165, 1.54) is 6.08 Å². The topological polar surface area (TPSA) is 55.8 Å². The molecule has 4 heteroatoms. The summed E-state index contributed by atoms with van der Waals surface area (Å²) in [5.41, 5.74) is -0.316. The van der Waals surface area contributed by atoms with E-state index in [4.69, 9.17) is 9.47 Å². The van der Waals surface area contributed by atoms with Crippen LogP contribution in [0, 0.1) is 5.41 Å². The van der Waals surface area contributed by atoms with Crippen LogP contribution in [0.2, 0.25) is 0 Å². The summed E-state index contributed by atoms with van der Waals surface area (Å²) >= 11 is 0. The van der Waals surface area contributed by atoms with Gasteiger partial charge in [-0.05, 0) is 26.7 Å². The van der Waals surface area contributed by atoms with Gasteiger partial charge in [0.2, 0.25) is 0 Å². The lowest BCUT2D eigenvalue weighted by Crippen LogP contribution is -2.53. The maximum atomic E-state index is 12.3. The molecule has 1 aliphatic heterocycles. The van der Waals surface area contributed by atoms with Crippen LogP contribution in [0.1, 0.15) is 47.0 Å². The molecule has 110 valence electrons. The highest BCUT2D eigenvalue weighted by molar-refractivity contribution is 5.84. The number of hydrogen-bond acceptors (Lipinski definition) is 4. The lowest BCUT2D eigenvalue weighted by atomic mass is 9.82. The molecule has 0 aromatic rings. The first-order valence-corrected chi connectivity index (χ1v) is 6.83. The van der Waals surface area contributed by atoms with Crippen molar-refractivity contribution in [3.8, 4) is 0 Å². The molecule has 0 radical (unpaired) electrons. The predicted octanol–water partition coefficient (Wildman–Crippen LogP) is 2.45. The van der Waals surface area contributed by atoms with E-state index in [1.807, 2.05) is 27.7 Å². The van der Waals surface area contributed by atoms with Crippen molar-refractivity contribution < 1.29 is 19.4 Å². The van der Waals surface area contributed by atoms with Gasteiger partial charge in [-0.2, -0.15) is 0 Å². The lowest BCUT2D eigenvalue weighted by molar-refractivity contribution is -0.303. The number of aliphatic hydroxyl groups is 1. The fraction of sp³-hybridized carbons (Fsp3) is 0.800. The molecule has 1 N–H and O–H groups in total. The van der Waals surface area contributed by atoms with Crippen molar-refractivity contribution in [2.75, 3.05) is 6.61 Å². The molecule has 0 saturated carbocycles. The zero-order chi connectivity index (χ0) is 14.7. The largest absolute Gasteiger partial charge is 0.389 e. The minimum atomic E-state index is -0.712. The van der Waals surface area contributed by atoms with Crippen molar-refractivity contribution in [1.82, 2.24) is 0 Å². The summed E-state index contributed by atoms with van der Waals surface area (Å²) in [5, 5.41) is 9.39. The Hall–Kier alpha value is -0.710. The van der Waals surface area contributed by atoms with E-state index in [2.05, 4.69) is 6.58 Å². The van der Waals surface area contributed by atoms with Gasteiger partial charge in [0, 0.05) is 11.8 Å². The Kier molecular flexibility index (Phi) is 5.30. The summed E-state index contributed by atoms with van der Waals surface area (Å²) in [7, 11) is 0. The molecule has 0 aromatic heterocycles. The van der Waals surface area contributed by atoms with Crippen LogP contribution < -0.4 is 0 Å². The molecule has 0 amide bonds. The van der Waals surface area contributed by atoms with Gasteiger partial charge in [-0.3, -0.25) is 4.79 Å². The van der Waals surface area contributed by atoms with Crippen LogP contribution in [-0.4, -0.2) is 35.5 Å². The Bertz CT molecular complexity index is 333. The molecule has 1 heterocycles. The zero-order valence-electron chi connectivity index (χ0n) is 12.4. The monoisotopic (exact) mass is 270 g/mol. The predicted molar refractivity (Wildman–Crippen MR) is 73.7 cm³/mol. The summed E-state index contributed by atoms with van der Waals surface area (Å²) in [4.78, 5) is 12.3. The fourth-order valence-corrected chi connectivity index (χ4v) is 2.15. The van der Waals surface area contributed by atoms with E-state index in [0.717, 1.165) is 0 Å². The van der Waals surface area contributed by atoms with Crippen molar-refractivity contribution >= 4 is 5.78 Å². The molecule has 0 bridgehead atoms. The minimum Gasteiger partial charge on any atom is -0.389 e. The van der Waals surface area contributed by atoms with Gasteiger partial charge in [-0.25, -0.2) is 0 Å². The SMILES string of the molecule is C=CC(O)CCCC(=O)[C@@H]1OC(C)(C)OCC1(C)C. The summed E-state index contributed by atoms with van der Waals surface area (Å²) in [6.45, 7) is 11.6. The molecule has 0 spiro atoms. The second-order valence-electron chi connectivity index (χ2n) is 6.34. The first kappa shape index (κ1) is 16.3. The Labute approximate surface area is 115 Å². The van der Waals surface area contributed by atoms with E-state index in [0.29, 0.717) is 25.9 Å². The van der Waals surface area contributed by atoms with Crippen LogP contribution in [0.25, 0.3) is 0 Å². The van der Waals surface area contributed by atoms with Gasteiger partial charge in [0.15, 0.2) is 11.6 Å². The normalized spacial score (nSPS) is 26.7. The number of ketones is 1. The standard InChI is InChI=1S/C15H26O4/c1-6-11(16)8-7-9-12(17)13-14(2,3)10-18-15(4,5)19-13/h6,11,13,16H,1,7-10H2,2-5H3/t11?,13-/m0/s1. The second-order valence-corrected chi connectivity index (χ2v) is 6.34. The van der Waals surface area contributed by atoms with Crippen molar-refractivity contribution in [2.24, 2.45) is 5.41 Å². The summed E-state index contributed by atoms with van der Waals surface area (Å²) in [6.07, 6.45) is 2.12. The maximum absolute atomic E-state index is 12.3. The Morgan fingerprint density at radius 3 is 2.68 bits per heavy atom. The molecule has 19 heavy (non-hydrogen) atoms. The minimum absolute atomic E-state index is 0.0811. The third-order valence-corrected chi connectivity index (χ3v) is 3.39. The van der Waals surface area contributed by atoms with E-state index in [1.54, 1.807) is 0 Å². The molecule has 1 saturated heterocycles. The van der Waals surface area contributed by atoms with Gasteiger partial charge in [-0.15, -0.1) is 6.58 Å². The highest BCUT2D eigenvalue weighted by atomic mass is 16.7. The Morgan fingerprint density at radius 2 is 2.11 bits per heavy atom. The number of rotatable bonds is 6. The van der Waals surface area contributed by atoms with Gasteiger partial charge in [0.25, 0.3) is 0 Å². The smallest absolute Gasteiger partial charge is 0.163 e. The molecule has 1 rings (SSSR count). The van der Waals surface area contributed by atoms with Crippen molar-refractivity contribution in [3.63, 3.8) is 0 Å². The molecule has 0 aliphatic carbocycles. The number of Topliss-reactive ketones (excluding diaryl/α,β-unsaturated/α-hetero) is 1. The summed E-state index contributed by atoms with van der Waals surface area (Å²) in [6, 6.07) is 0. The first-order valence-electron chi connectivity index (χ1n) is 6.83. The second kappa shape index (κ2) is 6.16.